The molecule has 3 nitrogen and oxygen atoms in total. The predicted molar refractivity (Wildman–Crippen MR) is 73.9 cm³/mol. The molecule has 18 heavy (non-hydrogen) atoms. The third-order valence-corrected chi connectivity index (χ3v) is 4.36. The monoisotopic (exact) mass is 311 g/mol. The van der Waals surface area contributed by atoms with Gasteiger partial charge in [-0.05, 0) is 52.5 Å². The summed E-state index contributed by atoms with van der Waals surface area (Å²) >= 11 is 3.52. The summed E-state index contributed by atoms with van der Waals surface area (Å²) in [4.78, 5) is 0. The van der Waals surface area contributed by atoms with Gasteiger partial charge >= 0.3 is 0 Å². The fourth-order valence-electron chi connectivity index (χ4n) is 2.44. The van der Waals surface area contributed by atoms with E-state index < -0.39 is 0 Å². The van der Waals surface area contributed by atoms with Crippen LogP contribution >= 0.6 is 15.9 Å². The number of benzene rings is 1. The molecule has 1 aromatic rings. The molecule has 1 aliphatic heterocycles. The van der Waals surface area contributed by atoms with Crippen molar-refractivity contribution in [1.29, 1.82) is 0 Å². The molecule has 2 aliphatic rings. The molecule has 0 saturated heterocycles. The van der Waals surface area contributed by atoms with Crippen molar-refractivity contribution in [2.75, 3.05) is 13.3 Å². The van der Waals surface area contributed by atoms with Crippen LogP contribution in [0.3, 0.4) is 0 Å². The first-order valence-corrected chi connectivity index (χ1v) is 7.41. The fourth-order valence-corrected chi connectivity index (χ4v) is 3.05. The largest absolute Gasteiger partial charge is 0.454 e. The van der Waals surface area contributed by atoms with Gasteiger partial charge < -0.3 is 14.8 Å². The molecule has 0 atom stereocenters. The zero-order valence-electron chi connectivity index (χ0n) is 10.4. The minimum Gasteiger partial charge on any atom is -0.454 e. The number of nitrogens with one attached hydrogen (secondary N) is 1. The predicted octanol–water partition coefficient (Wildman–Crippen LogP) is 3.46. The first-order chi connectivity index (χ1) is 8.83. The molecule has 1 aromatic carbocycles. The Morgan fingerprint density at radius 3 is 2.94 bits per heavy atom. The van der Waals surface area contributed by atoms with Gasteiger partial charge in [0.05, 0.1) is 4.47 Å². The van der Waals surface area contributed by atoms with E-state index in [1.54, 1.807) is 0 Å². The maximum atomic E-state index is 5.41. The van der Waals surface area contributed by atoms with Crippen molar-refractivity contribution in [2.45, 2.75) is 32.2 Å². The van der Waals surface area contributed by atoms with E-state index in [-0.39, 0.29) is 0 Å². The zero-order chi connectivity index (χ0) is 12.4. The highest BCUT2D eigenvalue weighted by Crippen LogP contribution is 2.39. The molecule has 4 heteroatoms. The molecule has 0 unspecified atom stereocenters. The molecule has 0 spiro atoms. The van der Waals surface area contributed by atoms with Crippen LogP contribution in [0.15, 0.2) is 16.6 Å². The van der Waals surface area contributed by atoms with Gasteiger partial charge in [0.1, 0.15) is 0 Å². The lowest BCUT2D eigenvalue weighted by Gasteiger charge is -2.25. The van der Waals surface area contributed by atoms with E-state index in [0.29, 0.717) is 6.79 Å². The number of ether oxygens (including phenoxy) is 2. The Bertz CT molecular complexity index is 432. The van der Waals surface area contributed by atoms with Crippen molar-refractivity contribution in [3.05, 3.63) is 22.2 Å². The molecular weight excluding hydrogens is 294 g/mol. The highest BCUT2D eigenvalue weighted by atomic mass is 79.9. The second-order valence-electron chi connectivity index (χ2n) is 5.07. The van der Waals surface area contributed by atoms with Crippen LogP contribution in [0.4, 0.5) is 0 Å². The second-order valence-corrected chi connectivity index (χ2v) is 5.93. The summed E-state index contributed by atoms with van der Waals surface area (Å²) in [6.07, 6.45) is 5.60. The van der Waals surface area contributed by atoms with E-state index in [1.165, 1.54) is 31.2 Å². The van der Waals surface area contributed by atoms with Gasteiger partial charge in [0.2, 0.25) is 6.79 Å². The molecule has 1 heterocycles. The van der Waals surface area contributed by atoms with E-state index in [4.69, 9.17) is 9.47 Å². The lowest BCUT2D eigenvalue weighted by molar-refractivity contribution is 0.173. The number of rotatable bonds is 5. The summed E-state index contributed by atoms with van der Waals surface area (Å²) in [5, 5.41) is 3.50. The van der Waals surface area contributed by atoms with Crippen LogP contribution in [0.1, 0.15) is 31.2 Å². The standard InChI is InChI=1S/C14H18BrNO2/c15-12-6-11(7-13-14(12)18-9-17-13)8-16-5-4-10-2-1-3-10/h6-7,10,16H,1-5,8-9H2. The first kappa shape index (κ1) is 12.3. The molecule has 1 fully saturated rings. The van der Waals surface area contributed by atoms with Crippen LogP contribution in [0.2, 0.25) is 0 Å². The van der Waals surface area contributed by atoms with E-state index in [1.807, 2.05) is 0 Å². The molecular formula is C14H18BrNO2. The van der Waals surface area contributed by atoms with Crippen molar-refractivity contribution in [3.8, 4) is 11.5 Å². The van der Waals surface area contributed by atoms with Gasteiger partial charge in [-0.3, -0.25) is 0 Å². The molecule has 0 amide bonds. The van der Waals surface area contributed by atoms with Crippen LogP contribution in [-0.4, -0.2) is 13.3 Å². The second kappa shape index (κ2) is 5.49. The summed E-state index contributed by atoms with van der Waals surface area (Å²) < 4.78 is 11.8. The lowest BCUT2D eigenvalue weighted by Crippen LogP contribution is -2.21. The first-order valence-electron chi connectivity index (χ1n) is 6.61. The normalized spacial score (nSPS) is 17.8. The van der Waals surface area contributed by atoms with Gasteiger partial charge in [0, 0.05) is 6.54 Å². The Balaban J connectivity index is 1.51. The van der Waals surface area contributed by atoms with Crippen LogP contribution in [0.5, 0.6) is 11.5 Å². The van der Waals surface area contributed by atoms with Gasteiger partial charge in [-0.15, -0.1) is 0 Å². The Kier molecular flexibility index (Phi) is 3.75. The van der Waals surface area contributed by atoms with Crippen LogP contribution in [-0.2, 0) is 6.54 Å². The van der Waals surface area contributed by atoms with E-state index >= 15 is 0 Å². The van der Waals surface area contributed by atoms with Gasteiger partial charge in [0.25, 0.3) is 0 Å². The zero-order valence-corrected chi connectivity index (χ0v) is 12.0. The van der Waals surface area contributed by atoms with Crippen molar-refractivity contribution in [3.63, 3.8) is 0 Å². The average Bonchev–Trinajstić information content (AvgIpc) is 2.75. The van der Waals surface area contributed by atoms with Crippen molar-refractivity contribution in [1.82, 2.24) is 5.32 Å². The Hall–Kier alpha value is -0.740. The van der Waals surface area contributed by atoms with Crippen LogP contribution < -0.4 is 14.8 Å². The van der Waals surface area contributed by atoms with Gasteiger partial charge in [-0.1, -0.05) is 19.3 Å². The fraction of sp³-hybridized carbons (Fsp3) is 0.571. The quantitative estimate of drug-likeness (QED) is 0.845. The third kappa shape index (κ3) is 2.64. The molecule has 3 rings (SSSR count). The molecule has 1 aliphatic carbocycles. The van der Waals surface area contributed by atoms with E-state index in [9.17, 15) is 0 Å². The highest BCUT2D eigenvalue weighted by Gasteiger charge is 2.18. The minimum absolute atomic E-state index is 0.326. The average molecular weight is 312 g/mol. The smallest absolute Gasteiger partial charge is 0.231 e. The SMILES string of the molecule is Brc1cc(CNCCC2CCC2)cc2c1OCO2. The number of halogens is 1. The van der Waals surface area contributed by atoms with E-state index in [2.05, 4.69) is 33.4 Å². The van der Waals surface area contributed by atoms with Gasteiger partial charge in [-0.2, -0.15) is 0 Å². The van der Waals surface area contributed by atoms with Gasteiger partial charge in [0.15, 0.2) is 11.5 Å². The Morgan fingerprint density at radius 2 is 2.17 bits per heavy atom. The molecule has 0 bridgehead atoms. The topological polar surface area (TPSA) is 30.5 Å². The molecule has 1 N–H and O–H groups in total. The van der Waals surface area contributed by atoms with Crippen LogP contribution in [0, 0.1) is 5.92 Å². The molecule has 0 aromatic heterocycles. The summed E-state index contributed by atoms with van der Waals surface area (Å²) in [5.74, 6) is 2.65. The van der Waals surface area contributed by atoms with Crippen molar-refractivity contribution in [2.24, 2.45) is 5.92 Å². The molecule has 0 radical (unpaired) electrons. The molecule has 1 saturated carbocycles. The van der Waals surface area contributed by atoms with Crippen molar-refractivity contribution >= 4 is 15.9 Å². The third-order valence-electron chi connectivity index (χ3n) is 3.77. The van der Waals surface area contributed by atoms with Crippen LogP contribution in [0.25, 0.3) is 0 Å². The van der Waals surface area contributed by atoms with E-state index in [0.717, 1.165) is 35.0 Å². The maximum Gasteiger partial charge on any atom is 0.231 e. The number of hydrogen-bond acceptors (Lipinski definition) is 3. The highest BCUT2D eigenvalue weighted by molar-refractivity contribution is 9.10. The molecule has 98 valence electrons. The summed E-state index contributed by atoms with van der Waals surface area (Å²) in [6.45, 7) is 2.32. The Morgan fingerprint density at radius 1 is 1.28 bits per heavy atom. The number of fused-ring (bicyclic) bond motifs is 1. The summed E-state index contributed by atoms with van der Waals surface area (Å²) in [5.41, 5.74) is 1.24. The lowest BCUT2D eigenvalue weighted by atomic mass is 9.83. The van der Waals surface area contributed by atoms with Gasteiger partial charge in [-0.25, -0.2) is 0 Å². The minimum atomic E-state index is 0.326. The Labute approximate surface area is 116 Å². The summed E-state index contributed by atoms with van der Waals surface area (Å²) in [6, 6.07) is 4.16. The number of hydrogen-bond donors (Lipinski definition) is 1. The van der Waals surface area contributed by atoms with Crippen molar-refractivity contribution < 1.29 is 9.47 Å². The maximum absolute atomic E-state index is 5.41. The summed E-state index contributed by atoms with van der Waals surface area (Å²) in [7, 11) is 0.